The van der Waals surface area contributed by atoms with Gasteiger partial charge in [0.25, 0.3) is 0 Å². The Morgan fingerprint density at radius 3 is 0.935 bits per heavy atom. The number of esters is 4. The van der Waals surface area contributed by atoms with E-state index in [4.69, 9.17) is 47.4 Å². The van der Waals surface area contributed by atoms with E-state index in [2.05, 4.69) is 0 Å². The minimum absolute atomic E-state index is 0.0168. The molecule has 8 rings (SSSR count). The molecule has 0 spiro atoms. The molecule has 0 aromatic heterocycles. The summed E-state index contributed by atoms with van der Waals surface area (Å²) in [6, 6.07) is 45.3. The van der Waals surface area contributed by atoms with E-state index in [9.17, 15) is 49.8 Å². The summed E-state index contributed by atoms with van der Waals surface area (Å²) in [6.07, 6.45) is 6.05. The quantitative estimate of drug-likeness (QED) is 0.0125. The molecule has 0 fully saturated rings. The lowest BCUT2D eigenvalue weighted by molar-refractivity contribution is -0.141. The average Bonchev–Trinajstić information content (AvgIpc) is 0.785. The number of carbonyl (C=O) groups excluding carboxylic acids is 4. The highest BCUT2D eigenvalue weighted by atomic mass is 16.6. The fourth-order valence-electron chi connectivity index (χ4n) is 9.08. The Bertz CT molecular complexity index is 3610. The maximum absolute atomic E-state index is 12.8. The zero-order valence-corrected chi connectivity index (χ0v) is 51.1. The zero-order chi connectivity index (χ0) is 65.9. The van der Waals surface area contributed by atoms with E-state index in [0.29, 0.717) is 77.9 Å². The number of hydrogen-bond acceptors (Lipinski definition) is 20. The largest absolute Gasteiger partial charge is 0.497 e. The molecule has 4 unspecified atom stereocenters. The Labute approximate surface area is 536 Å². The molecule has 0 aliphatic carbocycles. The van der Waals surface area contributed by atoms with Crippen molar-refractivity contribution in [2.75, 3.05) is 67.1 Å². The first-order valence-corrected chi connectivity index (χ1v) is 29.6. The smallest absolute Gasteiger partial charge is 0.330 e. The first-order valence-electron chi connectivity index (χ1n) is 29.6. The van der Waals surface area contributed by atoms with Gasteiger partial charge in [0.1, 0.15) is 112 Å². The number of aliphatic hydroxyl groups excluding tert-OH is 6. The number of fused-ring (bicyclic) bond motifs is 2. The second-order valence-electron chi connectivity index (χ2n) is 21.1. The summed E-state index contributed by atoms with van der Waals surface area (Å²) >= 11 is 0. The third-order valence-corrected chi connectivity index (χ3v) is 14.1. The van der Waals surface area contributed by atoms with Gasteiger partial charge in [-0.15, -0.1) is 0 Å². The van der Waals surface area contributed by atoms with Gasteiger partial charge in [-0.25, -0.2) is 19.2 Å². The van der Waals surface area contributed by atoms with Crippen LogP contribution in [0.4, 0.5) is 0 Å². The molecule has 0 saturated heterocycles. The monoisotopic (exact) mass is 1270 g/mol. The second kappa shape index (κ2) is 35.3. The number of carbonyl (C=O) groups is 4. The van der Waals surface area contributed by atoms with Gasteiger partial charge in [-0.1, -0.05) is 97.1 Å². The standard InChI is InChI=1S/C73H72O20/c1-84-60-23-11-50(12-24-60)17-33-72(82)91-45-57(77)41-87-63-28-20-55-21-29-68(88-42-58(78)46-92-71(81)32-16-49-5-9-53(39-75)10-6-49)66(65(55)36-63)37-67-64-35-62(86-40-56(76)44-90-70(80)31-15-48-3-7-52(38-74)8-4-48)27-19-54(64)22-30-69(67)89-43-59(79)47-93-73(83)34-18-51-13-25-61(85-2)26-14-51/h3-36,56-59,74-79H,37-47H2,1-2H3/b31-15+,32-16+,33-17+,34-18+. The van der Waals surface area contributed by atoms with Gasteiger partial charge in [-0.3, -0.25) is 0 Å². The Kier molecular flexibility index (Phi) is 26.1. The lowest BCUT2D eigenvalue weighted by Crippen LogP contribution is -2.25. The Balaban J connectivity index is 1.04. The van der Waals surface area contributed by atoms with Crippen LogP contribution in [0, 0.1) is 0 Å². The van der Waals surface area contributed by atoms with Gasteiger partial charge in [0.15, 0.2) is 0 Å². The van der Waals surface area contributed by atoms with Crippen LogP contribution in [0.5, 0.6) is 34.5 Å². The molecule has 484 valence electrons. The zero-order valence-electron chi connectivity index (χ0n) is 51.1. The molecule has 0 saturated carbocycles. The molecule has 0 bridgehead atoms. The van der Waals surface area contributed by atoms with E-state index in [-0.39, 0.29) is 70.8 Å². The highest BCUT2D eigenvalue weighted by Gasteiger charge is 2.21. The Hall–Kier alpha value is -10.3. The number of aliphatic hydroxyl groups is 6. The van der Waals surface area contributed by atoms with E-state index in [0.717, 1.165) is 11.1 Å². The van der Waals surface area contributed by atoms with Crippen molar-refractivity contribution in [3.8, 4) is 34.5 Å². The summed E-state index contributed by atoms with van der Waals surface area (Å²) in [5.74, 6) is -0.309. The van der Waals surface area contributed by atoms with E-state index < -0.39 is 61.5 Å². The molecular weight excluding hydrogens is 1200 g/mol. The van der Waals surface area contributed by atoms with Crippen molar-refractivity contribution in [3.05, 3.63) is 227 Å². The minimum Gasteiger partial charge on any atom is -0.497 e. The summed E-state index contributed by atoms with van der Waals surface area (Å²) < 4.78 is 56.7. The van der Waals surface area contributed by atoms with Crippen molar-refractivity contribution in [3.63, 3.8) is 0 Å². The third kappa shape index (κ3) is 22.0. The van der Waals surface area contributed by atoms with Crippen molar-refractivity contribution < 1.29 is 97.2 Å². The number of hydrogen-bond donors (Lipinski definition) is 6. The Morgan fingerprint density at radius 1 is 0.355 bits per heavy atom. The van der Waals surface area contributed by atoms with Gasteiger partial charge < -0.3 is 78.0 Å². The molecule has 0 heterocycles. The SMILES string of the molecule is COc1ccc(/C=C/C(=O)OCC(O)COc2ccc3ccc(OCC(O)COC(=O)/C=C/c4ccc(CO)cc4)c(Cc4c(OCC(O)COC(=O)/C=C/c5ccc(OC)cc5)ccc5ccc(OCC(O)COC(=O)/C=C/c6ccc(CO)cc6)cc45)c3c2)cc1. The van der Waals surface area contributed by atoms with Crippen molar-refractivity contribution in [2.24, 2.45) is 0 Å². The van der Waals surface area contributed by atoms with Crippen LogP contribution in [-0.2, 0) is 57.8 Å². The minimum atomic E-state index is -1.31. The molecule has 0 radical (unpaired) electrons. The molecule has 6 N–H and O–H groups in total. The molecule has 0 aliphatic heterocycles. The fourth-order valence-corrected chi connectivity index (χ4v) is 9.08. The fraction of sp³-hybridized carbons (Fsp3) is 0.233. The molecule has 20 nitrogen and oxygen atoms in total. The number of methoxy groups -OCH3 is 2. The maximum atomic E-state index is 12.8. The molecule has 8 aromatic carbocycles. The summed E-state index contributed by atoms with van der Waals surface area (Å²) in [5, 5.41) is 65.6. The summed E-state index contributed by atoms with van der Waals surface area (Å²) in [4.78, 5) is 50.8. The van der Waals surface area contributed by atoms with E-state index in [1.54, 1.807) is 190 Å². The van der Waals surface area contributed by atoms with Crippen LogP contribution in [0.3, 0.4) is 0 Å². The van der Waals surface area contributed by atoms with Gasteiger partial charge >= 0.3 is 23.9 Å². The maximum Gasteiger partial charge on any atom is 0.330 e. The van der Waals surface area contributed by atoms with E-state index >= 15 is 0 Å². The van der Waals surface area contributed by atoms with Crippen LogP contribution in [0.25, 0.3) is 45.8 Å². The molecule has 93 heavy (non-hydrogen) atoms. The number of ether oxygens (including phenoxy) is 10. The van der Waals surface area contributed by atoms with Crippen LogP contribution in [-0.4, -0.2) is 146 Å². The van der Waals surface area contributed by atoms with Crippen molar-refractivity contribution in [1.29, 1.82) is 0 Å². The molecule has 20 heteroatoms. The van der Waals surface area contributed by atoms with E-state index in [1.165, 1.54) is 30.4 Å². The van der Waals surface area contributed by atoms with Crippen LogP contribution in [0.1, 0.15) is 44.5 Å². The first kappa shape index (κ1) is 68.6. The van der Waals surface area contributed by atoms with Crippen LogP contribution in [0.15, 0.2) is 182 Å². The molecule has 8 aromatic rings. The second-order valence-corrected chi connectivity index (χ2v) is 21.1. The average molecular weight is 1270 g/mol. The predicted molar refractivity (Wildman–Crippen MR) is 347 cm³/mol. The van der Waals surface area contributed by atoms with Crippen LogP contribution < -0.4 is 28.4 Å². The van der Waals surface area contributed by atoms with E-state index in [1.807, 2.05) is 0 Å². The Morgan fingerprint density at radius 2 is 0.634 bits per heavy atom. The van der Waals surface area contributed by atoms with Gasteiger partial charge in [0.2, 0.25) is 0 Å². The normalized spacial score (nSPS) is 12.8. The highest BCUT2D eigenvalue weighted by molar-refractivity contribution is 5.93. The van der Waals surface area contributed by atoms with Crippen molar-refractivity contribution in [2.45, 2.75) is 44.1 Å². The summed E-state index contributed by atoms with van der Waals surface area (Å²) in [6.45, 7) is -3.12. The lowest BCUT2D eigenvalue weighted by atomic mass is 9.93. The summed E-state index contributed by atoms with van der Waals surface area (Å²) in [7, 11) is 3.10. The van der Waals surface area contributed by atoms with Crippen molar-refractivity contribution in [1.82, 2.24) is 0 Å². The van der Waals surface area contributed by atoms with Crippen LogP contribution >= 0.6 is 0 Å². The number of benzene rings is 8. The van der Waals surface area contributed by atoms with Gasteiger partial charge in [-0.05, 0) is 140 Å². The topological polar surface area (TPSA) is 282 Å². The summed E-state index contributed by atoms with van der Waals surface area (Å²) in [5.41, 5.74) is 5.33. The molecule has 0 amide bonds. The third-order valence-electron chi connectivity index (χ3n) is 14.1. The van der Waals surface area contributed by atoms with Crippen molar-refractivity contribution >= 4 is 69.7 Å². The highest BCUT2D eigenvalue weighted by Crippen LogP contribution is 2.39. The van der Waals surface area contributed by atoms with Gasteiger partial charge in [-0.2, -0.15) is 0 Å². The van der Waals surface area contributed by atoms with Gasteiger partial charge in [0.05, 0.1) is 27.4 Å². The van der Waals surface area contributed by atoms with Gasteiger partial charge in [0, 0.05) is 41.9 Å². The first-order chi connectivity index (χ1) is 45.1. The molecular formula is C73H72O20. The molecule has 4 atom stereocenters. The number of rotatable bonds is 34. The van der Waals surface area contributed by atoms with Crippen LogP contribution in [0.2, 0.25) is 0 Å². The lowest BCUT2D eigenvalue weighted by Gasteiger charge is -2.21. The predicted octanol–water partition coefficient (Wildman–Crippen LogP) is 8.57. The molecule has 0 aliphatic rings.